The first kappa shape index (κ1) is 16.5. The first-order valence-electron chi connectivity index (χ1n) is 7.53. The van der Waals surface area contributed by atoms with Crippen LogP contribution in [0, 0.1) is 19.7 Å². The summed E-state index contributed by atoms with van der Waals surface area (Å²) in [6, 6.07) is 12.0. The molecule has 122 valence electrons. The molecule has 0 N–H and O–H groups in total. The molecule has 2 aromatic carbocycles. The number of nitrogens with zero attached hydrogens (tertiary/aromatic N) is 2. The van der Waals surface area contributed by atoms with Crippen molar-refractivity contribution in [2.75, 3.05) is 7.05 Å². The van der Waals surface area contributed by atoms with E-state index in [0.29, 0.717) is 10.1 Å². The standard InChI is InChI=1S/C19H17FN2OS/c1-12-4-9-16(10-13(12)2)21-19-22(3)18(23)17(24-19)11-14-5-7-15(20)8-6-14/h4-11H,1-3H3. The van der Waals surface area contributed by atoms with Gasteiger partial charge in [-0.1, -0.05) is 18.2 Å². The predicted molar refractivity (Wildman–Crippen MR) is 97.7 cm³/mol. The number of hydrogen-bond donors (Lipinski definition) is 0. The number of aliphatic imine (C=N–C) groups is 1. The van der Waals surface area contributed by atoms with E-state index in [0.717, 1.165) is 16.8 Å². The predicted octanol–water partition coefficient (Wildman–Crippen LogP) is 4.68. The van der Waals surface area contributed by atoms with Crippen molar-refractivity contribution < 1.29 is 9.18 Å². The van der Waals surface area contributed by atoms with Crippen LogP contribution < -0.4 is 0 Å². The summed E-state index contributed by atoms with van der Waals surface area (Å²) < 4.78 is 13.0. The summed E-state index contributed by atoms with van der Waals surface area (Å²) in [5.74, 6) is -0.399. The van der Waals surface area contributed by atoms with Crippen LogP contribution in [0.1, 0.15) is 16.7 Å². The van der Waals surface area contributed by atoms with E-state index in [1.54, 1.807) is 25.3 Å². The van der Waals surface area contributed by atoms with Gasteiger partial charge in [0.2, 0.25) is 0 Å². The van der Waals surface area contributed by atoms with E-state index in [1.165, 1.54) is 34.4 Å². The van der Waals surface area contributed by atoms with Crippen LogP contribution in [-0.4, -0.2) is 23.0 Å². The van der Waals surface area contributed by atoms with Gasteiger partial charge in [0.05, 0.1) is 10.6 Å². The van der Waals surface area contributed by atoms with Crippen molar-refractivity contribution in [2.24, 2.45) is 4.99 Å². The summed E-state index contributed by atoms with van der Waals surface area (Å²) in [6.45, 7) is 4.09. The molecule has 0 aromatic heterocycles. The van der Waals surface area contributed by atoms with Crippen molar-refractivity contribution in [1.29, 1.82) is 0 Å². The summed E-state index contributed by atoms with van der Waals surface area (Å²) in [4.78, 5) is 19.1. The topological polar surface area (TPSA) is 32.7 Å². The lowest BCUT2D eigenvalue weighted by Crippen LogP contribution is -2.23. The lowest BCUT2D eigenvalue weighted by Gasteiger charge is -2.08. The van der Waals surface area contributed by atoms with Crippen LogP contribution in [0.5, 0.6) is 0 Å². The molecule has 0 saturated carbocycles. The highest BCUT2D eigenvalue weighted by Gasteiger charge is 2.30. The van der Waals surface area contributed by atoms with Gasteiger partial charge in [0.1, 0.15) is 5.82 Å². The minimum absolute atomic E-state index is 0.105. The van der Waals surface area contributed by atoms with E-state index < -0.39 is 0 Å². The number of carbonyl (C=O) groups excluding carboxylic acids is 1. The number of amidine groups is 1. The van der Waals surface area contributed by atoms with Gasteiger partial charge >= 0.3 is 0 Å². The molecule has 0 radical (unpaired) electrons. The van der Waals surface area contributed by atoms with Crippen molar-refractivity contribution in [3.8, 4) is 0 Å². The number of aryl methyl sites for hydroxylation is 2. The monoisotopic (exact) mass is 340 g/mol. The Morgan fingerprint density at radius 2 is 1.79 bits per heavy atom. The van der Waals surface area contributed by atoms with Crippen LogP contribution in [0.15, 0.2) is 52.4 Å². The highest BCUT2D eigenvalue weighted by Crippen LogP contribution is 2.33. The third-order valence-electron chi connectivity index (χ3n) is 3.89. The zero-order valence-corrected chi connectivity index (χ0v) is 14.5. The molecule has 2 aromatic rings. The Labute approximate surface area is 144 Å². The molecule has 0 bridgehead atoms. The highest BCUT2D eigenvalue weighted by atomic mass is 32.2. The van der Waals surface area contributed by atoms with Crippen molar-refractivity contribution in [3.05, 3.63) is 69.9 Å². The molecule has 1 aliphatic rings. The van der Waals surface area contributed by atoms with Gasteiger partial charge in [-0.3, -0.25) is 9.69 Å². The number of hydrogen-bond acceptors (Lipinski definition) is 3. The first-order chi connectivity index (χ1) is 11.4. The Morgan fingerprint density at radius 1 is 1.08 bits per heavy atom. The molecular weight excluding hydrogens is 323 g/mol. The average Bonchev–Trinajstić information content (AvgIpc) is 2.81. The molecule has 0 atom stereocenters. The molecule has 1 fully saturated rings. The summed E-state index contributed by atoms with van der Waals surface area (Å²) in [5, 5.41) is 0.636. The third kappa shape index (κ3) is 3.41. The Kier molecular flexibility index (Phi) is 4.53. The van der Waals surface area contributed by atoms with Crippen LogP contribution in [0.3, 0.4) is 0 Å². The van der Waals surface area contributed by atoms with Crippen molar-refractivity contribution in [2.45, 2.75) is 13.8 Å². The average molecular weight is 340 g/mol. The van der Waals surface area contributed by atoms with Gasteiger partial charge in [-0.25, -0.2) is 9.38 Å². The van der Waals surface area contributed by atoms with Crippen molar-refractivity contribution in [3.63, 3.8) is 0 Å². The number of thioether (sulfide) groups is 1. The maximum Gasteiger partial charge on any atom is 0.266 e. The number of benzene rings is 2. The van der Waals surface area contributed by atoms with Crippen LogP contribution in [0.2, 0.25) is 0 Å². The largest absolute Gasteiger partial charge is 0.290 e. The SMILES string of the molecule is Cc1ccc(N=C2SC(=Cc3ccc(F)cc3)C(=O)N2C)cc1C. The normalized spacial score (nSPS) is 18.0. The fourth-order valence-electron chi connectivity index (χ4n) is 2.27. The molecule has 5 heteroatoms. The summed E-state index contributed by atoms with van der Waals surface area (Å²) >= 11 is 1.32. The molecule has 3 rings (SSSR count). The van der Waals surface area contributed by atoms with Crippen LogP contribution in [0.25, 0.3) is 6.08 Å². The van der Waals surface area contributed by atoms with E-state index in [4.69, 9.17) is 0 Å². The highest BCUT2D eigenvalue weighted by molar-refractivity contribution is 8.18. The quantitative estimate of drug-likeness (QED) is 0.744. The van der Waals surface area contributed by atoms with E-state index in [2.05, 4.69) is 11.9 Å². The fraction of sp³-hybridized carbons (Fsp3) is 0.158. The lowest BCUT2D eigenvalue weighted by molar-refractivity contribution is -0.121. The molecule has 0 spiro atoms. The Bertz CT molecular complexity index is 856. The van der Waals surface area contributed by atoms with Crippen LogP contribution >= 0.6 is 11.8 Å². The zero-order valence-electron chi connectivity index (χ0n) is 13.7. The second-order valence-corrected chi connectivity index (χ2v) is 6.70. The number of likely N-dealkylation sites (N-methyl/N-ethyl adjacent to an activating group) is 1. The second kappa shape index (κ2) is 6.61. The molecule has 1 aliphatic heterocycles. The Balaban J connectivity index is 1.89. The van der Waals surface area contributed by atoms with E-state index in [9.17, 15) is 9.18 Å². The van der Waals surface area contributed by atoms with E-state index in [1.807, 2.05) is 25.1 Å². The van der Waals surface area contributed by atoms with Gasteiger partial charge in [-0.15, -0.1) is 0 Å². The fourth-order valence-corrected chi connectivity index (χ4v) is 3.25. The minimum Gasteiger partial charge on any atom is -0.290 e. The third-order valence-corrected chi connectivity index (χ3v) is 4.95. The Hall–Kier alpha value is -2.40. The molecule has 0 unspecified atom stereocenters. The van der Waals surface area contributed by atoms with Crippen molar-refractivity contribution >= 4 is 34.6 Å². The van der Waals surface area contributed by atoms with Crippen LogP contribution in [-0.2, 0) is 4.79 Å². The maximum atomic E-state index is 13.0. The summed E-state index contributed by atoms with van der Waals surface area (Å²) in [6.07, 6.45) is 1.76. The van der Waals surface area contributed by atoms with Gasteiger partial charge in [-0.2, -0.15) is 0 Å². The number of halogens is 1. The van der Waals surface area contributed by atoms with E-state index in [-0.39, 0.29) is 11.7 Å². The minimum atomic E-state index is -0.295. The molecule has 1 amide bonds. The first-order valence-corrected chi connectivity index (χ1v) is 8.35. The molecule has 1 heterocycles. The zero-order chi connectivity index (χ0) is 17.3. The van der Waals surface area contributed by atoms with Crippen LogP contribution in [0.4, 0.5) is 10.1 Å². The second-order valence-electron chi connectivity index (χ2n) is 5.69. The van der Waals surface area contributed by atoms with Gasteiger partial charge in [0, 0.05) is 7.05 Å². The number of amides is 1. The number of rotatable bonds is 2. The molecule has 3 nitrogen and oxygen atoms in total. The van der Waals surface area contributed by atoms with E-state index >= 15 is 0 Å². The van der Waals surface area contributed by atoms with Crippen molar-refractivity contribution in [1.82, 2.24) is 4.90 Å². The smallest absolute Gasteiger partial charge is 0.266 e. The number of carbonyl (C=O) groups is 1. The lowest BCUT2D eigenvalue weighted by atomic mass is 10.1. The van der Waals surface area contributed by atoms with Gasteiger partial charge in [-0.05, 0) is 72.6 Å². The molecular formula is C19H17FN2OS. The Morgan fingerprint density at radius 3 is 2.46 bits per heavy atom. The van der Waals surface area contributed by atoms with Gasteiger partial charge < -0.3 is 0 Å². The van der Waals surface area contributed by atoms with Gasteiger partial charge in [0.25, 0.3) is 5.91 Å². The molecule has 1 saturated heterocycles. The maximum absolute atomic E-state index is 13.0. The molecule has 24 heavy (non-hydrogen) atoms. The molecule has 0 aliphatic carbocycles. The van der Waals surface area contributed by atoms with Gasteiger partial charge in [0.15, 0.2) is 5.17 Å². The summed E-state index contributed by atoms with van der Waals surface area (Å²) in [5.41, 5.74) is 3.98. The summed E-state index contributed by atoms with van der Waals surface area (Å²) in [7, 11) is 1.71.